The van der Waals surface area contributed by atoms with Crippen molar-refractivity contribution in [2.24, 2.45) is 47.3 Å². The first-order valence-electron chi connectivity index (χ1n) is 53.8. The van der Waals surface area contributed by atoms with Crippen LogP contribution >= 0.6 is 0 Å². The van der Waals surface area contributed by atoms with E-state index < -0.39 is 0 Å². The Hall–Kier alpha value is -0.160. The summed E-state index contributed by atoms with van der Waals surface area (Å²) in [5.74, 6) is 7.59. The second-order valence-corrected chi connectivity index (χ2v) is 43.4. The van der Waals surface area contributed by atoms with E-state index in [4.69, 9.17) is 0 Å². The van der Waals surface area contributed by atoms with Crippen molar-refractivity contribution in [3.63, 3.8) is 0 Å². The Morgan fingerprint density at radius 3 is 0.473 bits per heavy atom. The van der Waals surface area contributed by atoms with Crippen LogP contribution in [0.3, 0.4) is 0 Å². The summed E-state index contributed by atoms with van der Waals surface area (Å²) in [6.07, 6.45) is 132. The van der Waals surface area contributed by atoms with Crippen LogP contribution in [0.15, 0.2) is 0 Å². The molecule has 4 bridgehead atoms. The molecule has 0 aromatic rings. The average molecular weight is 1520 g/mol. The van der Waals surface area contributed by atoms with Gasteiger partial charge in [0.25, 0.3) is 0 Å². The van der Waals surface area contributed by atoms with E-state index in [1.54, 1.807) is 148 Å². The van der Waals surface area contributed by atoms with Gasteiger partial charge in [0.2, 0.25) is 0 Å². The number of hydrogen-bond acceptors (Lipinski definition) is 4. The fourth-order valence-electron chi connectivity index (χ4n) is 30.6. The van der Waals surface area contributed by atoms with Crippen LogP contribution in [-0.4, -0.2) is 92.1 Å². The van der Waals surface area contributed by atoms with E-state index in [0.717, 1.165) is 120 Å². The summed E-state index contributed by atoms with van der Waals surface area (Å²) >= 11 is 0. The average Bonchev–Trinajstić information content (AvgIpc) is 1.19. The van der Waals surface area contributed by atoms with Crippen molar-refractivity contribution in [2.75, 3.05) is 0 Å². The zero-order valence-electron chi connectivity index (χ0n) is 74.1. The number of rotatable bonds is 12. The Bertz CT molecular complexity index is 2210. The summed E-state index contributed by atoms with van der Waals surface area (Å²) in [6.45, 7) is 0. The molecule has 13 rings (SSSR count). The minimum atomic E-state index is 0.826. The van der Waals surface area contributed by atoms with Gasteiger partial charge in [-0.05, 0) is 246 Å². The molecule has 0 saturated heterocycles. The Balaban J connectivity index is 0.920. The van der Waals surface area contributed by atoms with Crippen molar-refractivity contribution >= 4 is 0 Å². The lowest BCUT2D eigenvalue weighted by molar-refractivity contribution is -0.0162. The van der Waals surface area contributed by atoms with Gasteiger partial charge in [-0.3, -0.25) is 19.6 Å². The van der Waals surface area contributed by atoms with Crippen LogP contribution in [0, 0.1) is 47.3 Å². The van der Waals surface area contributed by atoms with E-state index in [2.05, 4.69) is 19.6 Å². The molecule has 12 atom stereocenters. The quantitative estimate of drug-likeness (QED) is 0.193. The lowest BCUT2D eigenvalue weighted by Crippen LogP contribution is -2.51. The van der Waals surface area contributed by atoms with Gasteiger partial charge in [0.1, 0.15) is 0 Å². The molecule has 13 aliphatic rings. The summed E-state index contributed by atoms with van der Waals surface area (Å²) in [4.78, 5) is 14.2. The van der Waals surface area contributed by atoms with Gasteiger partial charge in [0, 0.05) is 72.5 Å². The Morgan fingerprint density at radius 2 is 0.236 bits per heavy atom. The van der Waals surface area contributed by atoms with Crippen molar-refractivity contribution in [1.82, 2.24) is 19.6 Å². The minimum Gasteiger partial charge on any atom is -0.294 e. The summed E-state index contributed by atoms with van der Waals surface area (Å²) in [6, 6.07) is 10.1. The Morgan fingerprint density at radius 1 is 0.0909 bits per heavy atom. The van der Waals surface area contributed by atoms with E-state index in [9.17, 15) is 0 Å². The first-order chi connectivity index (χ1) is 54.7. The van der Waals surface area contributed by atoms with Crippen LogP contribution in [-0.2, 0) is 0 Å². The van der Waals surface area contributed by atoms with Crippen LogP contribution in [0.5, 0.6) is 0 Å². The predicted molar refractivity (Wildman–Crippen MR) is 478 cm³/mol. The predicted octanol–water partition coefficient (Wildman–Crippen LogP) is 32.3. The van der Waals surface area contributed by atoms with Crippen molar-refractivity contribution in [3.05, 3.63) is 0 Å². The zero-order chi connectivity index (χ0) is 74.7. The lowest BCUT2D eigenvalue weighted by atomic mass is 9.56. The van der Waals surface area contributed by atoms with Crippen LogP contribution in [0.2, 0.25) is 0 Å². The Labute approximate surface area is 687 Å². The van der Waals surface area contributed by atoms with Crippen LogP contribution in [0.4, 0.5) is 0 Å². The zero-order valence-corrected chi connectivity index (χ0v) is 74.1. The Kier molecular flexibility index (Phi) is 40.5. The molecule has 13 saturated carbocycles. The summed E-state index contributed by atoms with van der Waals surface area (Å²) < 4.78 is 0. The van der Waals surface area contributed by atoms with Gasteiger partial charge in [-0.2, -0.15) is 0 Å². The van der Waals surface area contributed by atoms with Crippen molar-refractivity contribution in [2.45, 2.75) is 625 Å². The minimum absolute atomic E-state index is 0.826. The SMILES string of the molecule is C1CCCCC(N(C2CCCCCCCC2)C2CCCC3CC(CCC2)C2CCCCC(N(C4CCCCCCCC4)C4CCCCCCC4)CCC2C2CCC(N(C4CCCCCCCC4)C4CCCCCCCC4)CCCC2C2CCC(N(C4CCCCCCC4)C4CCCCCCC4)CCCC3C2)CCCC1. The largest absolute Gasteiger partial charge is 0.294 e. The standard InChI is InChI=1S/C106H192N4/c1-2-15-31-56-91(57-32-16-3-1)107(92-58-33-17-4-5-18-34-59-92)99-73-49-53-87-85-89(55-51-74-99)103-77-48-47-72-100(108(94-66-41-25-12-26-42-67-94)93-60-35-19-6-7-20-36-61-93)81-83-105(103)106-84-82-102(110(97-62-37-21-8-9-22-38-63-97)98-64-39-23-10-11-24-40-65-98)76-52-78-104(106)90-79-80-101(75-50-54-88(87)86-90)109(95-68-43-27-13-28-44-69-95)96-70-45-29-14-30-46-71-96/h87-106H,1-86H2. The molecule has 0 heterocycles. The topological polar surface area (TPSA) is 13.0 Å². The van der Waals surface area contributed by atoms with E-state index >= 15 is 0 Å². The molecule has 0 amide bonds. The summed E-state index contributed by atoms with van der Waals surface area (Å²) in [7, 11) is 0. The van der Waals surface area contributed by atoms with Gasteiger partial charge in [-0.1, -0.05) is 353 Å². The molecule has 0 aromatic heterocycles. The molecule has 4 nitrogen and oxygen atoms in total. The highest BCUT2D eigenvalue weighted by atomic mass is 15.2. The fraction of sp³-hybridized carbons (Fsp3) is 1.00. The molecule has 0 N–H and O–H groups in total. The molecular formula is C106H192N4. The molecule has 0 radical (unpaired) electrons. The molecule has 110 heavy (non-hydrogen) atoms. The molecule has 0 spiro atoms. The molecule has 13 fully saturated rings. The van der Waals surface area contributed by atoms with Crippen LogP contribution in [0.25, 0.3) is 0 Å². The van der Waals surface area contributed by atoms with Crippen molar-refractivity contribution in [1.29, 1.82) is 0 Å². The maximum Gasteiger partial charge on any atom is 0.0101 e. The molecular weight excluding hydrogens is 1330 g/mol. The van der Waals surface area contributed by atoms with Gasteiger partial charge in [-0.25, -0.2) is 0 Å². The van der Waals surface area contributed by atoms with E-state index in [1.807, 2.05) is 0 Å². The third-order valence-corrected chi connectivity index (χ3v) is 36.2. The molecule has 13 aliphatic carbocycles. The maximum atomic E-state index is 3.56. The second kappa shape index (κ2) is 50.8. The first-order valence-corrected chi connectivity index (χ1v) is 53.8. The third-order valence-electron chi connectivity index (χ3n) is 36.2. The van der Waals surface area contributed by atoms with Crippen molar-refractivity contribution in [3.8, 4) is 0 Å². The molecule has 12 unspecified atom stereocenters. The highest BCUT2D eigenvalue weighted by molar-refractivity contribution is 5.01. The van der Waals surface area contributed by atoms with Gasteiger partial charge >= 0.3 is 0 Å². The maximum absolute atomic E-state index is 3.56. The normalized spacial score (nSPS) is 35.5. The van der Waals surface area contributed by atoms with Gasteiger partial charge < -0.3 is 0 Å². The molecule has 4 heteroatoms. The fourth-order valence-corrected chi connectivity index (χ4v) is 30.6. The molecule has 636 valence electrons. The van der Waals surface area contributed by atoms with Gasteiger partial charge in [0.15, 0.2) is 0 Å². The lowest BCUT2D eigenvalue weighted by Gasteiger charge is -2.51. The van der Waals surface area contributed by atoms with E-state index in [0.29, 0.717) is 0 Å². The summed E-state index contributed by atoms with van der Waals surface area (Å²) in [5.41, 5.74) is 0. The van der Waals surface area contributed by atoms with Crippen LogP contribution < -0.4 is 0 Å². The van der Waals surface area contributed by atoms with Crippen LogP contribution in [0.1, 0.15) is 552 Å². The number of hydrogen-bond donors (Lipinski definition) is 0. The molecule has 0 aliphatic heterocycles. The summed E-state index contributed by atoms with van der Waals surface area (Å²) in [5, 5.41) is 0. The van der Waals surface area contributed by atoms with Gasteiger partial charge in [-0.15, -0.1) is 0 Å². The highest BCUT2D eigenvalue weighted by Crippen LogP contribution is 2.56. The smallest absolute Gasteiger partial charge is 0.0101 e. The van der Waals surface area contributed by atoms with Crippen molar-refractivity contribution < 1.29 is 0 Å². The number of fused-ring (bicyclic) bond motifs is 10. The first kappa shape index (κ1) is 87.7. The van der Waals surface area contributed by atoms with Gasteiger partial charge in [0.05, 0.1) is 0 Å². The highest BCUT2D eigenvalue weighted by Gasteiger charge is 2.49. The third kappa shape index (κ3) is 27.4. The molecule has 0 aromatic carbocycles. The van der Waals surface area contributed by atoms with E-state index in [-0.39, 0.29) is 0 Å². The van der Waals surface area contributed by atoms with E-state index in [1.165, 1.54) is 405 Å². The monoisotopic (exact) mass is 1520 g/mol. The number of nitrogens with zero attached hydrogens (tertiary/aromatic N) is 4. The second-order valence-electron chi connectivity index (χ2n) is 43.4.